The highest BCUT2D eigenvalue weighted by molar-refractivity contribution is 4.88. The van der Waals surface area contributed by atoms with Crippen molar-refractivity contribution in [2.24, 2.45) is 0 Å². The molecule has 0 aromatic carbocycles. The van der Waals surface area contributed by atoms with E-state index in [9.17, 15) is 5.11 Å². The number of hydrogen-bond acceptors (Lipinski definition) is 2. The van der Waals surface area contributed by atoms with E-state index >= 15 is 0 Å². The zero-order valence-corrected chi connectivity index (χ0v) is 10.7. The lowest BCUT2D eigenvalue weighted by Crippen LogP contribution is -2.52. The van der Waals surface area contributed by atoms with E-state index < -0.39 is 0 Å². The number of aliphatic hydroxyl groups is 1. The molecule has 0 aromatic rings. The van der Waals surface area contributed by atoms with Crippen LogP contribution in [-0.2, 0) is 0 Å². The summed E-state index contributed by atoms with van der Waals surface area (Å²) in [5, 5.41) is 10.2. The van der Waals surface area contributed by atoms with Crippen LogP contribution in [-0.4, -0.2) is 34.7 Å². The minimum absolute atomic E-state index is 0.0498. The van der Waals surface area contributed by atoms with Crippen molar-refractivity contribution in [3.63, 3.8) is 0 Å². The van der Waals surface area contributed by atoms with Crippen LogP contribution in [0.5, 0.6) is 0 Å². The number of piperidine rings is 1. The van der Waals surface area contributed by atoms with E-state index in [4.69, 9.17) is 0 Å². The van der Waals surface area contributed by atoms with Gasteiger partial charge in [0.15, 0.2) is 0 Å². The number of likely N-dealkylation sites (tertiary alicyclic amines) is 1. The zero-order valence-electron chi connectivity index (χ0n) is 10.7. The van der Waals surface area contributed by atoms with Gasteiger partial charge >= 0.3 is 0 Å². The van der Waals surface area contributed by atoms with Crippen LogP contribution in [0.25, 0.3) is 0 Å². The van der Waals surface area contributed by atoms with Crippen molar-refractivity contribution in [1.29, 1.82) is 0 Å². The molecule has 2 aliphatic rings. The van der Waals surface area contributed by atoms with Gasteiger partial charge in [0, 0.05) is 12.1 Å². The Balaban J connectivity index is 1.97. The van der Waals surface area contributed by atoms with Crippen LogP contribution in [0.15, 0.2) is 0 Å². The van der Waals surface area contributed by atoms with Gasteiger partial charge in [-0.1, -0.05) is 32.6 Å². The Hall–Kier alpha value is -0.0800. The maximum absolute atomic E-state index is 10.2. The summed E-state index contributed by atoms with van der Waals surface area (Å²) < 4.78 is 0. The number of hydrogen-bond donors (Lipinski definition) is 1. The van der Waals surface area contributed by atoms with Gasteiger partial charge < -0.3 is 5.11 Å². The van der Waals surface area contributed by atoms with Crippen molar-refractivity contribution >= 4 is 0 Å². The van der Waals surface area contributed by atoms with Crippen molar-refractivity contribution < 1.29 is 5.11 Å². The van der Waals surface area contributed by atoms with Crippen molar-refractivity contribution in [3.8, 4) is 0 Å². The standard InChI is InChI=1S/C14H27NO/c1-2-7-12-8-5-6-11-15(12)13-9-3-4-10-14(13)16/h12-14,16H,2-11H2,1H3. The summed E-state index contributed by atoms with van der Waals surface area (Å²) in [6.45, 7) is 3.51. The Morgan fingerprint density at radius 3 is 2.56 bits per heavy atom. The fraction of sp³-hybridized carbons (Fsp3) is 1.00. The Bertz CT molecular complexity index is 205. The summed E-state index contributed by atoms with van der Waals surface area (Å²) >= 11 is 0. The first-order chi connectivity index (χ1) is 7.83. The largest absolute Gasteiger partial charge is 0.391 e. The molecule has 16 heavy (non-hydrogen) atoms. The van der Waals surface area contributed by atoms with Gasteiger partial charge in [-0.3, -0.25) is 4.90 Å². The fourth-order valence-corrected chi connectivity index (χ4v) is 3.58. The molecule has 2 nitrogen and oxygen atoms in total. The Labute approximate surface area is 100 Å². The van der Waals surface area contributed by atoms with Crippen LogP contribution in [0.1, 0.15) is 64.7 Å². The smallest absolute Gasteiger partial charge is 0.0695 e. The van der Waals surface area contributed by atoms with Crippen molar-refractivity contribution in [1.82, 2.24) is 4.90 Å². The van der Waals surface area contributed by atoms with Gasteiger partial charge in [-0.25, -0.2) is 0 Å². The van der Waals surface area contributed by atoms with E-state index in [-0.39, 0.29) is 6.10 Å². The second-order valence-corrected chi connectivity index (χ2v) is 5.60. The van der Waals surface area contributed by atoms with Crippen LogP contribution in [0.3, 0.4) is 0 Å². The normalized spacial score (nSPS) is 37.5. The molecule has 0 amide bonds. The second kappa shape index (κ2) is 6.02. The zero-order chi connectivity index (χ0) is 11.4. The highest BCUT2D eigenvalue weighted by atomic mass is 16.3. The third-order valence-electron chi connectivity index (χ3n) is 4.41. The molecule has 1 saturated heterocycles. The summed E-state index contributed by atoms with van der Waals surface area (Å²) in [6.07, 6.45) is 11.4. The molecule has 0 spiro atoms. The first-order valence-corrected chi connectivity index (χ1v) is 7.26. The van der Waals surface area contributed by atoms with Crippen LogP contribution in [0.2, 0.25) is 0 Å². The molecule has 1 aliphatic heterocycles. The maximum atomic E-state index is 10.2. The minimum Gasteiger partial charge on any atom is -0.391 e. The SMILES string of the molecule is CCCC1CCCCN1C1CCCCC1O. The molecule has 94 valence electrons. The van der Waals surface area contributed by atoms with Gasteiger partial charge in [0.25, 0.3) is 0 Å². The van der Waals surface area contributed by atoms with E-state index in [0.717, 1.165) is 12.5 Å². The topological polar surface area (TPSA) is 23.5 Å². The minimum atomic E-state index is -0.0498. The van der Waals surface area contributed by atoms with Gasteiger partial charge in [-0.2, -0.15) is 0 Å². The van der Waals surface area contributed by atoms with E-state index in [1.807, 2.05) is 0 Å². The average Bonchev–Trinajstić information content (AvgIpc) is 2.31. The molecule has 2 rings (SSSR count). The van der Waals surface area contributed by atoms with Gasteiger partial charge in [0.1, 0.15) is 0 Å². The van der Waals surface area contributed by atoms with Gasteiger partial charge in [0.2, 0.25) is 0 Å². The van der Waals surface area contributed by atoms with E-state index in [1.165, 1.54) is 57.9 Å². The van der Waals surface area contributed by atoms with E-state index in [1.54, 1.807) is 0 Å². The molecule has 1 N–H and O–H groups in total. The summed E-state index contributed by atoms with van der Waals surface area (Å²) in [7, 11) is 0. The lowest BCUT2D eigenvalue weighted by molar-refractivity contribution is -0.0170. The van der Waals surface area contributed by atoms with Gasteiger partial charge in [-0.15, -0.1) is 0 Å². The van der Waals surface area contributed by atoms with Crippen molar-refractivity contribution in [3.05, 3.63) is 0 Å². The summed E-state index contributed by atoms with van der Waals surface area (Å²) in [5.74, 6) is 0. The highest BCUT2D eigenvalue weighted by Crippen LogP contribution is 2.30. The molecule has 2 fully saturated rings. The van der Waals surface area contributed by atoms with Crippen LogP contribution in [0, 0.1) is 0 Å². The van der Waals surface area contributed by atoms with Gasteiger partial charge in [0.05, 0.1) is 6.10 Å². The first-order valence-electron chi connectivity index (χ1n) is 7.26. The van der Waals surface area contributed by atoms with Gasteiger partial charge in [-0.05, 0) is 38.6 Å². The highest BCUT2D eigenvalue weighted by Gasteiger charge is 2.33. The Morgan fingerprint density at radius 1 is 1.06 bits per heavy atom. The van der Waals surface area contributed by atoms with E-state index in [0.29, 0.717) is 6.04 Å². The summed E-state index contributed by atoms with van der Waals surface area (Å²) in [4.78, 5) is 2.65. The fourth-order valence-electron chi connectivity index (χ4n) is 3.58. The van der Waals surface area contributed by atoms with Crippen LogP contribution in [0.4, 0.5) is 0 Å². The lowest BCUT2D eigenvalue weighted by Gasteiger charge is -2.44. The quantitative estimate of drug-likeness (QED) is 0.798. The van der Waals surface area contributed by atoms with Crippen molar-refractivity contribution in [2.75, 3.05) is 6.54 Å². The molecule has 1 saturated carbocycles. The second-order valence-electron chi connectivity index (χ2n) is 5.60. The molecule has 3 atom stereocenters. The third-order valence-corrected chi connectivity index (χ3v) is 4.41. The van der Waals surface area contributed by atoms with Crippen LogP contribution < -0.4 is 0 Å². The predicted octanol–water partition coefficient (Wildman–Crippen LogP) is 2.94. The molecule has 0 radical (unpaired) electrons. The Kier molecular flexibility index (Phi) is 4.66. The van der Waals surface area contributed by atoms with Crippen LogP contribution >= 0.6 is 0 Å². The molecule has 1 heterocycles. The molecule has 0 bridgehead atoms. The number of rotatable bonds is 3. The number of aliphatic hydroxyl groups excluding tert-OH is 1. The predicted molar refractivity (Wildman–Crippen MR) is 67.5 cm³/mol. The molecular formula is C14H27NO. The van der Waals surface area contributed by atoms with E-state index in [2.05, 4.69) is 11.8 Å². The third kappa shape index (κ3) is 2.78. The first kappa shape index (κ1) is 12.4. The summed E-state index contributed by atoms with van der Waals surface area (Å²) in [6, 6.07) is 1.24. The average molecular weight is 225 g/mol. The molecule has 0 aromatic heterocycles. The van der Waals surface area contributed by atoms with Crippen molar-refractivity contribution in [2.45, 2.75) is 82.9 Å². The molecule has 2 heteroatoms. The monoisotopic (exact) mass is 225 g/mol. The Morgan fingerprint density at radius 2 is 1.81 bits per heavy atom. The summed E-state index contributed by atoms with van der Waals surface area (Å²) in [5.41, 5.74) is 0. The molecule has 1 aliphatic carbocycles. The molecular weight excluding hydrogens is 198 g/mol. The molecule has 3 unspecified atom stereocenters. The maximum Gasteiger partial charge on any atom is 0.0695 e. The number of nitrogens with zero attached hydrogens (tertiary/aromatic N) is 1. The lowest BCUT2D eigenvalue weighted by atomic mass is 9.87.